The molecule has 1 aromatic carbocycles. The van der Waals surface area contributed by atoms with E-state index in [2.05, 4.69) is 26.2 Å². The maximum absolute atomic E-state index is 13.5. The maximum atomic E-state index is 13.5. The summed E-state index contributed by atoms with van der Waals surface area (Å²) >= 11 is 3.24. The molecule has 3 rings (SSSR count). The van der Waals surface area contributed by atoms with E-state index in [-0.39, 0.29) is 34.8 Å². The molecule has 1 N–H and O–H groups in total. The van der Waals surface area contributed by atoms with E-state index in [0.717, 1.165) is 9.54 Å². The first-order valence-electron chi connectivity index (χ1n) is 8.98. The predicted octanol–water partition coefficient (Wildman–Crippen LogP) is 2.92. The standard InChI is InChI=1S/C20H20BrN3O5S/c1-12-4-6-14(7-5-12)30(27,28)24-16-11-23-17(21)10-15(16)18(13(2)25)19(24)20(26)22-8-9-29-3/h4-7,10-11H,8-9H2,1-3H3,(H,22,26). The number of ketones is 1. The summed E-state index contributed by atoms with van der Waals surface area (Å²) in [5.74, 6) is -1.13. The van der Waals surface area contributed by atoms with E-state index in [1.54, 1.807) is 12.1 Å². The van der Waals surface area contributed by atoms with Crippen LogP contribution in [0.3, 0.4) is 0 Å². The number of halogens is 1. The van der Waals surface area contributed by atoms with Crippen LogP contribution < -0.4 is 5.32 Å². The summed E-state index contributed by atoms with van der Waals surface area (Å²) in [6.07, 6.45) is 1.32. The van der Waals surface area contributed by atoms with Crippen molar-refractivity contribution in [3.05, 3.63) is 58.0 Å². The topological polar surface area (TPSA) is 107 Å². The number of fused-ring (bicyclic) bond motifs is 1. The van der Waals surface area contributed by atoms with Crippen molar-refractivity contribution in [2.45, 2.75) is 18.7 Å². The van der Waals surface area contributed by atoms with Crippen molar-refractivity contribution in [2.75, 3.05) is 20.3 Å². The lowest BCUT2D eigenvalue weighted by atomic mass is 10.1. The number of amides is 1. The normalized spacial score (nSPS) is 11.6. The zero-order valence-corrected chi connectivity index (χ0v) is 19.0. The number of pyridine rings is 1. The second-order valence-electron chi connectivity index (χ2n) is 6.64. The van der Waals surface area contributed by atoms with Crippen LogP contribution in [0.25, 0.3) is 10.9 Å². The Labute approximate surface area is 182 Å². The van der Waals surface area contributed by atoms with Gasteiger partial charge in [0, 0.05) is 19.0 Å². The van der Waals surface area contributed by atoms with Crippen molar-refractivity contribution in [1.82, 2.24) is 14.3 Å². The average Bonchev–Trinajstić information content (AvgIpc) is 3.03. The number of methoxy groups -OCH3 is 1. The van der Waals surface area contributed by atoms with Gasteiger partial charge >= 0.3 is 0 Å². The molecule has 0 radical (unpaired) electrons. The molecule has 1 amide bonds. The van der Waals surface area contributed by atoms with Gasteiger partial charge in [-0.3, -0.25) is 9.59 Å². The predicted molar refractivity (Wildman–Crippen MR) is 115 cm³/mol. The Morgan fingerprint density at radius 1 is 1.23 bits per heavy atom. The smallest absolute Gasteiger partial charge is 0.269 e. The highest BCUT2D eigenvalue weighted by molar-refractivity contribution is 9.10. The number of nitrogens with one attached hydrogen (secondary N) is 1. The number of nitrogens with zero attached hydrogens (tertiary/aromatic N) is 2. The summed E-state index contributed by atoms with van der Waals surface area (Å²) in [6, 6.07) is 7.78. The fraction of sp³-hybridized carbons (Fsp3) is 0.250. The van der Waals surface area contributed by atoms with Crippen LogP contribution in [0.5, 0.6) is 0 Å². The third kappa shape index (κ3) is 4.03. The first kappa shape index (κ1) is 22.1. The van der Waals surface area contributed by atoms with Crippen LogP contribution in [0.2, 0.25) is 0 Å². The second kappa shape index (κ2) is 8.66. The van der Waals surface area contributed by atoms with Crippen LogP contribution in [-0.4, -0.2) is 49.3 Å². The minimum Gasteiger partial charge on any atom is -0.383 e. The Morgan fingerprint density at radius 3 is 2.50 bits per heavy atom. The van der Waals surface area contributed by atoms with E-state index in [9.17, 15) is 18.0 Å². The number of hydrogen-bond donors (Lipinski definition) is 1. The van der Waals surface area contributed by atoms with E-state index in [0.29, 0.717) is 9.99 Å². The zero-order chi connectivity index (χ0) is 22.1. The van der Waals surface area contributed by atoms with Crippen LogP contribution in [0.15, 0.2) is 46.0 Å². The van der Waals surface area contributed by atoms with E-state index >= 15 is 0 Å². The van der Waals surface area contributed by atoms with Crippen molar-refractivity contribution in [2.24, 2.45) is 0 Å². The first-order valence-corrected chi connectivity index (χ1v) is 11.2. The summed E-state index contributed by atoms with van der Waals surface area (Å²) in [5, 5.41) is 2.93. The highest BCUT2D eigenvalue weighted by atomic mass is 79.9. The monoisotopic (exact) mass is 493 g/mol. The Balaban J connectivity index is 2.36. The summed E-state index contributed by atoms with van der Waals surface area (Å²) < 4.78 is 33.3. The van der Waals surface area contributed by atoms with Gasteiger partial charge < -0.3 is 10.1 Å². The summed E-state index contributed by atoms with van der Waals surface area (Å²) in [4.78, 5) is 29.6. The molecule has 0 saturated heterocycles. The van der Waals surface area contributed by atoms with Gasteiger partial charge in [0.25, 0.3) is 15.9 Å². The first-order chi connectivity index (χ1) is 14.2. The molecular formula is C20H20BrN3O5S. The fourth-order valence-corrected chi connectivity index (χ4v) is 4.95. The van der Waals surface area contributed by atoms with Crippen LogP contribution in [-0.2, 0) is 14.8 Å². The number of rotatable bonds is 7. The van der Waals surface area contributed by atoms with E-state index in [1.807, 2.05) is 6.92 Å². The third-order valence-electron chi connectivity index (χ3n) is 4.50. The number of aryl methyl sites for hydroxylation is 1. The quantitative estimate of drug-likeness (QED) is 0.308. The molecule has 0 fully saturated rings. The molecule has 0 aliphatic carbocycles. The van der Waals surface area contributed by atoms with Crippen molar-refractivity contribution < 1.29 is 22.7 Å². The molecule has 0 spiro atoms. The Hall–Kier alpha value is -2.56. The van der Waals surface area contributed by atoms with Crippen molar-refractivity contribution in [3.63, 3.8) is 0 Å². The lowest BCUT2D eigenvalue weighted by Crippen LogP contribution is -2.31. The van der Waals surface area contributed by atoms with E-state index in [4.69, 9.17) is 4.74 Å². The summed E-state index contributed by atoms with van der Waals surface area (Å²) in [7, 11) is -2.72. The van der Waals surface area contributed by atoms with Crippen molar-refractivity contribution >= 4 is 48.5 Å². The number of benzene rings is 1. The van der Waals surface area contributed by atoms with Crippen LogP contribution in [0.1, 0.15) is 33.3 Å². The number of hydrogen-bond acceptors (Lipinski definition) is 6. The van der Waals surface area contributed by atoms with Gasteiger partial charge in [0.1, 0.15) is 10.3 Å². The van der Waals surface area contributed by atoms with Gasteiger partial charge in [-0.1, -0.05) is 17.7 Å². The van der Waals surface area contributed by atoms with Gasteiger partial charge in [0.15, 0.2) is 5.78 Å². The molecule has 10 heteroatoms. The average molecular weight is 494 g/mol. The molecule has 0 atom stereocenters. The van der Waals surface area contributed by atoms with Crippen molar-refractivity contribution in [1.29, 1.82) is 0 Å². The van der Waals surface area contributed by atoms with E-state index < -0.39 is 21.7 Å². The number of ether oxygens (including phenoxy) is 1. The van der Waals surface area contributed by atoms with Gasteiger partial charge in [0.2, 0.25) is 0 Å². The van der Waals surface area contributed by atoms with Gasteiger partial charge in [-0.2, -0.15) is 0 Å². The molecule has 0 aliphatic heterocycles. The largest absolute Gasteiger partial charge is 0.383 e. The van der Waals surface area contributed by atoms with Gasteiger partial charge in [-0.15, -0.1) is 0 Å². The maximum Gasteiger partial charge on any atom is 0.269 e. The number of Topliss-reactive ketones (excluding diaryl/α,β-unsaturated/α-hetero) is 1. The fourth-order valence-electron chi connectivity index (χ4n) is 3.11. The summed E-state index contributed by atoms with van der Waals surface area (Å²) in [6.45, 7) is 3.52. The highest BCUT2D eigenvalue weighted by Gasteiger charge is 2.32. The van der Waals surface area contributed by atoms with E-state index in [1.165, 1.54) is 38.4 Å². The highest BCUT2D eigenvalue weighted by Crippen LogP contribution is 2.32. The van der Waals surface area contributed by atoms with Gasteiger partial charge in [0.05, 0.1) is 28.8 Å². The Bertz CT molecular complexity index is 1230. The third-order valence-corrected chi connectivity index (χ3v) is 6.66. The lowest BCUT2D eigenvalue weighted by Gasteiger charge is -2.13. The minimum atomic E-state index is -4.20. The molecule has 158 valence electrons. The van der Waals surface area contributed by atoms with Crippen LogP contribution >= 0.6 is 15.9 Å². The second-order valence-corrected chi connectivity index (χ2v) is 9.23. The molecule has 8 nitrogen and oxygen atoms in total. The van der Waals surface area contributed by atoms with Crippen molar-refractivity contribution in [3.8, 4) is 0 Å². The molecule has 2 heterocycles. The number of carbonyl (C=O) groups excluding carboxylic acids is 2. The molecule has 3 aromatic rings. The van der Waals surface area contributed by atoms with Crippen LogP contribution in [0.4, 0.5) is 0 Å². The Morgan fingerprint density at radius 2 is 1.90 bits per heavy atom. The molecule has 0 bridgehead atoms. The van der Waals surface area contributed by atoms with Gasteiger partial charge in [-0.25, -0.2) is 17.4 Å². The number of carbonyl (C=O) groups is 2. The molecule has 30 heavy (non-hydrogen) atoms. The SMILES string of the molecule is COCCNC(=O)c1c(C(C)=O)c2cc(Br)ncc2n1S(=O)(=O)c1ccc(C)cc1. The molecule has 0 saturated carbocycles. The zero-order valence-electron chi connectivity index (χ0n) is 16.6. The Kier molecular flexibility index (Phi) is 6.39. The molecular weight excluding hydrogens is 474 g/mol. The minimum absolute atomic E-state index is 0.00559. The van der Waals surface area contributed by atoms with Gasteiger partial charge in [-0.05, 0) is 48.0 Å². The van der Waals surface area contributed by atoms with Crippen LogP contribution in [0, 0.1) is 6.92 Å². The summed E-state index contributed by atoms with van der Waals surface area (Å²) in [5.41, 5.74) is 0.785. The molecule has 2 aromatic heterocycles. The molecule has 0 unspecified atom stereocenters. The lowest BCUT2D eigenvalue weighted by molar-refractivity contribution is 0.0920. The number of aromatic nitrogens is 2. The molecule has 0 aliphatic rings.